The van der Waals surface area contributed by atoms with Crippen LogP contribution in [0, 0.1) is 5.92 Å². The van der Waals surface area contributed by atoms with E-state index >= 15 is 0 Å². The van der Waals surface area contributed by atoms with Crippen molar-refractivity contribution in [1.82, 2.24) is 5.32 Å². The molecule has 0 aromatic heterocycles. The molecule has 2 atom stereocenters. The molecule has 0 saturated heterocycles. The van der Waals surface area contributed by atoms with Crippen molar-refractivity contribution in [2.24, 2.45) is 5.92 Å². The van der Waals surface area contributed by atoms with Crippen LogP contribution in [0.3, 0.4) is 0 Å². The molecule has 1 aliphatic rings. The largest absolute Gasteiger partial charge is 0.319 e. The molecule has 106 valence electrons. The highest BCUT2D eigenvalue weighted by molar-refractivity contribution is 5.96. The molecule has 0 fully saturated rings. The Labute approximate surface area is 121 Å². The molecule has 0 aliphatic carbocycles. The molecule has 1 aromatic rings. The summed E-state index contributed by atoms with van der Waals surface area (Å²) in [5.74, 6) is 0.796. The predicted octanol–water partition coefficient (Wildman–Crippen LogP) is 2.80. The Balaban J connectivity index is 0.00000180. The Kier molecular flexibility index (Phi) is 5.83. The summed E-state index contributed by atoms with van der Waals surface area (Å²) < 4.78 is 0. The van der Waals surface area contributed by atoms with Gasteiger partial charge in [-0.1, -0.05) is 32.0 Å². The number of nitrogens with zero attached hydrogens (tertiary/aromatic N) is 1. The minimum atomic E-state index is 0. The predicted molar refractivity (Wildman–Crippen MR) is 82.2 cm³/mol. The molecule has 3 nitrogen and oxygen atoms in total. The van der Waals surface area contributed by atoms with Crippen molar-refractivity contribution in [3.63, 3.8) is 0 Å². The molecule has 0 bridgehead atoms. The van der Waals surface area contributed by atoms with E-state index < -0.39 is 0 Å². The highest BCUT2D eigenvalue weighted by Gasteiger charge is 2.28. The van der Waals surface area contributed by atoms with Crippen molar-refractivity contribution >= 4 is 24.0 Å². The van der Waals surface area contributed by atoms with Crippen LogP contribution >= 0.6 is 12.4 Å². The molecule has 2 unspecified atom stereocenters. The Bertz CT molecular complexity index is 436. The number of para-hydroxylation sites is 1. The van der Waals surface area contributed by atoms with E-state index in [1.807, 2.05) is 24.9 Å². The number of carbonyl (C=O) groups is 1. The standard InChI is InChI=1S/C15H22N2O.ClH/c1-11-8-9-17(15(18)12(2)10-16-3)14-7-5-4-6-13(11)14;/h4-7,11-12,16H,8-10H2,1-3H3;1H. The zero-order chi connectivity index (χ0) is 13.1. The molecule has 1 aromatic carbocycles. The molecule has 0 spiro atoms. The number of hydrogen-bond donors (Lipinski definition) is 1. The van der Waals surface area contributed by atoms with Gasteiger partial charge < -0.3 is 10.2 Å². The fourth-order valence-electron chi connectivity index (χ4n) is 2.64. The molecule has 1 heterocycles. The van der Waals surface area contributed by atoms with Gasteiger partial charge in [0.15, 0.2) is 0 Å². The first-order chi connectivity index (χ1) is 8.65. The number of rotatable bonds is 3. The van der Waals surface area contributed by atoms with Crippen LogP contribution < -0.4 is 10.2 Å². The first-order valence-corrected chi connectivity index (χ1v) is 6.70. The van der Waals surface area contributed by atoms with Crippen LogP contribution in [0.1, 0.15) is 31.7 Å². The van der Waals surface area contributed by atoms with Gasteiger partial charge in [-0.2, -0.15) is 0 Å². The van der Waals surface area contributed by atoms with Crippen molar-refractivity contribution < 1.29 is 4.79 Å². The van der Waals surface area contributed by atoms with Gasteiger partial charge in [-0.05, 0) is 31.0 Å². The topological polar surface area (TPSA) is 32.3 Å². The van der Waals surface area contributed by atoms with Crippen LogP contribution in [-0.2, 0) is 4.79 Å². The summed E-state index contributed by atoms with van der Waals surface area (Å²) in [5.41, 5.74) is 2.40. The number of fused-ring (bicyclic) bond motifs is 1. The van der Waals surface area contributed by atoms with Gasteiger partial charge in [0.05, 0.1) is 0 Å². The molecule has 1 aliphatic heterocycles. The number of carbonyl (C=O) groups excluding carboxylic acids is 1. The third kappa shape index (κ3) is 3.28. The van der Waals surface area contributed by atoms with E-state index in [0.29, 0.717) is 5.92 Å². The summed E-state index contributed by atoms with van der Waals surface area (Å²) in [6, 6.07) is 8.28. The average molecular weight is 283 g/mol. The summed E-state index contributed by atoms with van der Waals surface area (Å²) in [4.78, 5) is 14.4. The van der Waals surface area contributed by atoms with E-state index in [4.69, 9.17) is 0 Å². The maximum absolute atomic E-state index is 12.4. The summed E-state index contributed by atoms with van der Waals surface area (Å²) in [6.07, 6.45) is 1.05. The maximum Gasteiger partial charge on any atom is 0.231 e. The Hall–Kier alpha value is -1.06. The monoisotopic (exact) mass is 282 g/mol. The molecule has 19 heavy (non-hydrogen) atoms. The Morgan fingerprint density at radius 1 is 1.47 bits per heavy atom. The lowest BCUT2D eigenvalue weighted by Gasteiger charge is -2.34. The molecular formula is C15H23ClN2O. The summed E-state index contributed by atoms with van der Waals surface area (Å²) >= 11 is 0. The van der Waals surface area contributed by atoms with Gasteiger partial charge in [0.2, 0.25) is 5.91 Å². The van der Waals surface area contributed by atoms with Gasteiger partial charge >= 0.3 is 0 Å². The maximum atomic E-state index is 12.4. The number of amides is 1. The van der Waals surface area contributed by atoms with E-state index in [2.05, 4.69) is 30.4 Å². The van der Waals surface area contributed by atoms with Crippen LogP contribution in [0.5, 0.6) is 0 Å². The lowest BCUT2D eigenvalue weighted by atomic mass is 9.91. The van der Waals surface area contributed by atoms with Crippen LogP contribution in [0.4, 0.5) is 5.69 Å². The number of nitrogens with one attached hydrogen (secondary N) is 1. The van der Waals surface area contributed by atoms with Crippen molar-refractivity contribution in [2.75, 3.05) is 25.0 Å². The zero-order valence-electron chi connectivity index (χ0n) is 11.8. The summed E-state index contributed by atoms with van der Waals surface area (Å²) in [5, 5.41) is 3.07. The van der Waals surface area contributed by atoms with Gasteiger partial charge in [0.25, 0.3) is 0 Å². The first-order valence-electron chi connectivity index (χ1n) is 6.70. The van der Waals surface area contributed by atoms with Gasteiger partial charge in [-0.25, -0.2) is 0 Å². The quantitative estimate of drug-likeness (QED) is 0.925. The van der Waals surface area contributed by atoms with Gasteiger partial charge in [0, 0.05) is 24.7 Å². The van der Waals surface area contributed by atoms with E-state index in [9.17, 15) is 4.79 Å². The minimum Gasteiger partial charge on any atom is -0.319 e. The van der Waals surface area contributed by atoms with Gasteiger partial charge in [-0.3, -0.25) is 4.79 Å². The molecule has 0 saturated carbocycles. The van der Waals surface area contributed by atoms with E-state index in [1.165, 1.54) is 5.56 Å². The van der Waals surface area contributed by atoms with Gasteiger partial charge in [0.1, 0.15) is 0 Å². The fourth-order valence-corrected chi connectivity index (χ4v) is 2.64. The Morgan fingerprint density at radius 2 is 2.16 bits per heavy atom. The van der Waals surface area contributed by atoms with Crippen molar-refractivity contribution in [1.29, 1.82) is 0 Å². The highest BCUT2D eigenvalue weighted by atomic mass is 35.5. The molecular weight excluding hydrogens is 260 g/mol. The van der Waals surface area contributed by atoms with E-state index in [-0.39, 0.29) is 24.2 Å². The van der Waals surface area contributed by atoms with Crippen molar-refractivity contribution in [3.8, 4) is 0 Å². The minimum absolute atomic E-state index is 0. The van der Waals surface area contributed by atoms with Gasteiger partial charge in [-0.15, -0.1) is 12.4 Å². The summed E-state index contributed by atoms with van der Waals surface area (Å²) in [6.45, 7) is 5.79. The summed E-state index contributed by atoms with van der Waals surface area (Å²) in [7, 11) is 1.88. The number of anilines is 1. The molecule has 1 amide bonds. The number of hydrogen-bond acceptors (Lipinski definition) is 2. The second-order valence-corrected chi connectivity index (χ2v) is 5.20. The third-order valence-electron chi connectivity index (χ3n) is 3.74. The Morgan fingerprint density at radius 3 is 2.84 bits per heavy atom. The molecule has 2 rings (SSSR count). The fraction of sp³-hybridized carbons (Fsp3) is 0.533. The second-order valence-electron chi connectivity index (χ2n) is 5.20. The highest BCUT2D eigenvalue weighted by Crippen LogP contribution is 2.35. The zero-order valence-corrected chi connectivity index (χ0v) is 12.7. The smallest absolute Gasteiger partial charge is 0.231 e. The molecule has 1 N–H and O–H groups in total. The first kappa shape index (κ1) is 16.0. The van der Waals surface area contributed by atoms with Crippen molar-refractivity contribution in [2.45, 2.75) is 26.2 Å². The van der Waals surface area contributed by atoms with E-state index in [1.54, 1.807) is 0 Å². The van der Waals surface area contributed by atoms with Crippen molar-refractivity contribution in [3.05, 3.63) is 29.8 Å². The number of benzene rings is 1. The third-order valence-corrected chi connectivity index (χ3v) is 3.74. The lowest BCUT2D eigenvalue weighted by molar-refractivity contribution is -0.121. The lowest BCUT2D eigenvalue weighted by Crippen LogP contribution is -2.41. The van der Waals surface area contributed by atoms with Crippen LogP contribution in [0.2, 0.25) is 0 Å². The second kappa shape index (κ2) is 6.92. The number of halogens is 1. The van der Waals surface area contributed by atoms with Crippen LogP contribution in [0.25, 0.3) is 0 Å². The van der Waals surface area contributed by atoms with Crippen LogP contribution in [0.15, 0.2) is 24.3 Å². The normalized spacial score (nSPS) is 19.3. The SMILES string of the molecule is CNCC(C)C(=O)N1CCC(C)c2ccccc21.Cl. The average Bonchev–Trinajstić information content (AvgIpc) is 2.39. The molecule has 0 radical (unpaired) electrons. The van der Waals surface area contributed by atoms with Crippen LogP contribution in [-0.4, -0.2) is 26.0 Å². The van der Waals surface area contributed by atoms with E-state index in [0.717, 1.165) is 25.2 Å². The molecule has 4 heteroatoms.